The number of nitrogens with one attached hydrogen (secondary N) is 1. The highest BCUT2D eigenvalue weighted by atomic mass is 35.5. The Morgan fingerprint density at radius 2 is 1.60 bits per heavy atom. The summed E-state index contributed by atoms with van der Waals surface area (Å²) in [5, 5.41) is 25.1. The van der Waals surface area contributed by atoms with E-state index in [-0.39, 0.29) is 5.56 Å². The standard InChI is InChI=1S/C15H11Cl2N3O5/c1-8(13-3-2-10(16)6-14(13)17)18-15(21)9-4-11(19(22)23)7-12(5-9)20(24)25/h2-8H,1H3,(H,18,21)/t8-/m0/s1. The fourth-order valence-corrected chi connectivity index (χ4v) is 2.72. The summed E-state index contributed by atoms with van der Waals surface area (Å²) in [7, 11) is 0. The first-order valence-corrected chi connectivity index (χ1v) is 7.64. The number of hydrogen-bond donors (Lipinski definition) is 1. The maximum Gasteiger partial charge on any atom is 0.277 e. The molecule has 2 aromatic rings. The first-order valence-electron chi connectivity index (χ1n) is 6.88. The van der Waals surface area contributed by atoms with Crippen LogP contribution >= 0.6 is 23.2 Å². The Labute approximate surface area is 151 Å². The molecular formula is C15H11Cl2N3O5. The van der Waals surface area contributed by atoms with Crippen molar-refractivity contribution in [3.63, 3.8) is 0 Å². The molecule has 0 heterocycles. The second-order valence-electron chi connectivity index (χ2n) is 5.11. The van der Waals surface area contributed by atoms with Crippen LogP contribution in [-0.2, 0) is 0 Å². The SMILES string of the molecule is C[C@H](NC(=O)c1cc([N+](=O)[O-])cc([N+](=O)[O-])c1)c1ccc(Cl)cc1Cl. The summed E-state index contributed by atoms with van der Waals surface area (Å²) < 4.78 is 0. The number of nitrogens with zero attached hydrogens (tertiary/aromatic N) is 2. The van der Waals surface area contributed by atoms with Crippen molar-refractivity contribution in [1.29, 1.82) is 0 Å². The lowest BCUT2D eigenvalue weighted by atomic mass is 10.1. The Balaban J connectivity index is 2.31. The molecule has 0 unspecified atom stereocenters. The van der Waals surface area contributed by atoms with E-state index in [4.69, 9.17) is 23.2 Å². The van der Waals surface area contributed by atoms with Crippen molar-refractivity contribution in [3.8, 4) is 0 Å². The smallest absolute Gasteiger partial charge is 0.277 e. The summed E-state index contributed by atoms with van der Waals surface area (Å²) in [6, 6.07) is 6.93. The molecule has 130 valence electrons. The Kier molecular flexibility index (Phi) is 5.55. The van der Waals surface area contributed by atoms with Gasteiger partial charge in [0.2, 0.25) is 0 Å². The van der Waals surface area contributed by atoms with Gasteiger partial charge in [-0.3, -0.25) is 25.0 Å². The highest BCUT2D eigenvalue weighted by Gasteiger charge is 2.21. The van der Waals surface area contributed by atoms with Gasteiger partial charge in [0.1, 0.15) is 0 Å². The monoisotopic (exact) mass is 383 g/mol. The normalized spacial score (nSPS) is 11.6. The molecule has 0 radical (unpaired) electrons. The highest BCUT2D eigenvalue weighted by Crippen LogP contribution is 2.27. The quantitative estimate of drug-likeness (QED) is 0.610. The highest BCUT2D eigenvalue weighted by molar-refractivity contribution is 6.35. The summed E-state index contributed by atoms with van der Waals surface area (Å²) in [6.45, 7) is 1.65. The van der Waals surface area contributed by atoms with Crippen LogP contribution in [-0.4, -0.2) is 15.8 Å². The van der Waals surface area contributed by atoms with Crippen LogP contribution in [0.3, 0.4) is 0 Å². The second-order valence-corrected chi connectivity index (χ2v) is 5.96. The molecule has 1 N–H and O–H groups in total. The molecule has 0 aliphatic carbocycles. The van der Waals surface area contributed by atoms with Crippen LogP contribution in [0.15, 0.2) is 36.4 Å². The third-order valence-corrected chi connectivity index (χ3v) is 3.93. The molecule has 8 nitrogen and oxygen atoms in total. The Morgan fingerprint density at radius 1 is 1.04 bits per heavy atom. The zero-order valence-corrected chi connectivity index (χ0v) is 14.2. The lowest BCUT2D eigenvalue weighted by molar-refractivity contribution is -0.394. The van der Waals surface area contributed by atoms with Crippen molar-refractivity contribution >= 4 is 40.5 Å². The Hall–Kier alpha value is -2.71. The van der Waals surface area contributed by atoms with Gasteiger partial charge in [0.25, 0.3) is 17.3 Å². The topological polar surface area (TPSA) is 115 Å². The molecule has 1 amide bonds. The fraction of sp³-hybridized carbons (Fsp3) is 0.133. The van der Waals surface area contributed by atoms with Gasteiger partial charge in [-0.25, -0.2) is 0 Å². The number of nitro groups is 2. The van der Waals surface area contributed by atoms with E-state index >= 15 is 0 Å². The molecule has 0 saturated carbocycles. The van der Waals surface area contributed by atoms with Crippen LogP contribution in [0.2, 0.25) is 10.0 Å². The lowest BCUT2D eigenvalue weighted by Crippen LogP contribution is -2.27. The van der Waals surface area contributed by atoms with Crippen LogP contribution in [0.1, 0.15) is 28.9 Å². The molecule has 0 aliphatic heterocycles. The molecule has 25 heavy (non-hydrogen) atoms. The zero-order valence-electron chi connectivity index (χ0n) is 12.7. The number of rotatable bonds is 5. The number of non-ortho nitro benzene ring substituents is 2. The van der Waals surface area contributed by atoms with Crippen LogP contribution in [0.5, 0.6) is 0 Å². The number of nitro benzene ring substituents is 2. The van der Waals surface area contributed by atoms with Crippen molar-refractivity contribution in [2.24, 2.45) is 0 Å². The lowest BCUT2D eigenvalue weighted by Gasteiger charge is -2.16. The van der Waals surface area contributed by atoms with E-state index in [9.17, 15) is 25.0 Å². The Bertz CT molecular complexity index is 840. The van der Waals surface area contributed by atoms with Gasteiger partial charge in [0, 0.05) is 22.2 Å². The van der Waals surface area contributed by atoms with Crippen LogP contribution in [0.4, 0.5) is 11.4 Å². The van der Waals surface area contributed by atoms with E-state index in [2.05, 4.69) is 5.32 Å². The van der Waals surface area contributed by atoms with Crippen molar-refractivity contribution < 1.29 is 14.6 Å². The van der Waals surface area contributed by atoms with Gasteiger partial charge < -0.3 is 5.32 Å². The van der Waals surface area contributed by atoms with Gasteiger partial charge in [0.15, 0.2) is 0 Å². The van der Waals surface area contributed by atoms with Crippen LogP contribution in [0, 0.1) is 20.2 Å². The van der Waals surface area contributed by atoms with Crippen LogP contribution in [0.25, 0.3) is 0 Å². The summed E-state index contributed by atoms with van der Waals surface area (Å²) in [4.78, 5) is 32.5. The van der Waals surface area contributed by atoms with Crippen molar-refractivity contribution in [1.82, 2.24) is 5.32 Å². The predicted octanol–water partition coefficient (Wildman–Crippen LogP) is 4.30. The first kappa shape index (κ1) is 18.6. The van der Waals surface area contributed by atoms with Gasteiger partial charge in [-0.15, -0.1) is 0 Å². The molecule has 0 aromatic heterocycles. The summed E-state index contributed by atoms with van der Waals surface area (Å²) >= 11 is 11.9. The van der Waals surface area contributed by atoms with Gasteiger partial charge in [-0.1, -0.05) is 29.3 Å². The average molecular weight is 384 g/mol. The molecule has 2 rings (SSSR count). The minimum Gasteiger partial charge on any atom is -0.345 e. The molecule has 1 atom stereocenters. The van der Waals surface area contributed by atoms with Gasteiger partial charge in [-0.2, -0.15) is 0 Å². The molecule has 10 heteroatoms. The Morgan fingerprint density at radius 3 is 2.08 bits per heavy atom. The largest absolute Gasteiger partial charge is 0.345 e. The molecule has 0 aliphatic rings. The number of hydrogen-bond acceptors (Lipinski definition) is 5. The van der Waals surface area contributed by atoms with Gasteiger partial charge in [0.05, 0.1) is 27.5 Å². The van der Waals surface area contributed by atoms with E-state index in [0.29, 0.717) is 15.6 Å². The van der Waals surface area contributed by atoms with Crippen molar-refractivity contribution in [2.45, 2.75) is 13.0 Å². The summed E-state index contributed by atoms with van der Waals surface area (Å²) in [6.07, 6.45) is 0. The van der Waals surface area contributed by atoms with E-state index < -0.39 is 33.2 Å². The van der Waals surface area contributed by atoms with Gasteiger partial charge >= 0.3 is 0 Å². The van der Waals surface area contributed by atoms with E-state index in [1.165, 1.54) is 6.07 Å². The first-order chi connectivity index (χ1) is 11.7. The van der Waals surface area contributed by atoms with E-state index in [1.807, 2.05) is 0 Å². The van der Waals surface area contributed by atoms with Crippen molar-refractivity contribution in [2.75, 3.05) is 0 Å². The number of benzene rings is 2. The average Bonchev–Trinajstić information content (AvgIpc) is 2.53. The minimum absolute atomic E-state index is 0.196. The number of carbonyl (C=O) groups excluding carboxylic acids is 1. The van der Waals surface area contributed by atoms with Crippen molar-refractivity contribution in [3.05, 3.63) is 77.8 Å². The molecule has 2 aromatic carbocycles. The van der Waals surface area contributed by atoms with Crippen LogP contribution < -0.4 is 5.32 Å². The van der Waals surface area contributed by atoms with Gasteiger partial charge in [-0.05, 0) is 24.6 Å². The van der Waals surface area contributed by atoms with E-state index in [0.717, 1.165) is 18.2 Å². The summed E-state index contributed by atoms with van der Waals surface area (Å²) in [5.41, 5.74) is -0.703. The number of halogens is 2. The third kappa shape index (κ3) is 4.43. The fourth-order valence-electron chi connectivity index (χ4n) is 2.15. The van der Waals surface area contributed by atoms with E-state index in [1.54, 1.807) is 19.1 Å². The molecule has 0 fully saturated rings. The molecular weight excluding hydrogens is 373 g/mol. The molecule has 0 saturated heterocycles. The summed E-state index contributed by atoms with van der Waals surface area (Å²) in [5.74, 6) is -0.703. The molecule has 0 bridgehead atoms. The number of carbonyl (C=O) groups is 1. The predicted molar refractivity (Wildman–Crippen MR) is 92.1 cm³/mol. The minimum atomic E-state index is -0.802. The zero-order chi connectivity index (χ0) is 18.7. The maximum absolute atomic E-state index is 12.3. The number of amides is 1. The maximum atomic E-state index is 12.3. The second kappa shape index (κ2) is 7.45. The molecule has 0 spiro atoms. The third-order valence-electron chi connectivity index (χ3n) is 3.36.